The van der Waals surface area contributed by atoms with Gasteiger partial charge in [-0.25, -0.2) is 15.2 Å². The van der Waals surface area contributed by atoms with E-state index in [-0.39, 0.29) is 12.1 Å². The van der Waals surface area contributed by atoms with E-state index in [2.05, 4.69) is 50.3 Å². The Morgan fingerprint density at radius 1 is 1.00 bits per heavy atom. The van der Waals surface area contributed by atoms with E-state index >= 15 is 0 Å². The number of imidazole rings is 1. The highest BCUT2D eigenvalue weighted by Crippen LogP contribution is 2.36. The minimum Gasteiger partial charge on any atom is -0.334 e. The van der Waals surface area contributed by atoms with Crippen LogP contribution in [0, 0.1) is 6.92 Å². The van der Waals surface area contributed by atoms with E-state index in [1.54, 1.807) is 17.5 Å². The van der Waals surface area contributed by atoms with Crippen LogP contribution >= 0.6 is 0 Å². The molecule has 2 aliphatic heterocycles. The van der Waals surface area contributed by atoms with Crippen molar-refractivity contribution < 1.29 is 9.59 Å². The van der Waals surface area contributed by atoms with Crippen LogP contribution in [0.4, 0.5) is 4.79 Å². The van der Waals surface area contributed by atoms with Crippen molar-refractivity contribution in [1.29, 1.82) is 0 Å². The summed E-state index contributed by atoms with van der Waals surface area (Å²) in [6.07, 6.45) is 5.97. The Morgan fingerprint density at radius 3 is 2.47 bits per heavy atom. The zero-order valence-corrected chi connectivity index (χ0v) is 18.1. The summed E-state index contributed by atoms with van der Waals surface area (Å²) in [6.45, 7) is 2.74. The Hall–Kier alpha value is -3.39. The molecule has 2 aliphatic rings. The molecule has 3 aromatic rings. The molecule has 8 nitrogen and oxygen atoms in total. The fourth-order valence-electron chi connectivity index (χ4n) is 5.23. The lowest BCUT2D eigenvalue weighted by atomic mass is 9.96. The Balaban J connectivity index is 1.14. The predicted molar refractivity (Wildman–Crippen MR) is 121 cm³/mol. The van der Waals surface area contributed by atoms with Crippen molar-refractivity contribution in [3.63, 3.8) is 0 Å². The highest BCUT2D eigenvalue weighted by molar-refractivity contribution is 5.95. The van der Waals surface area contributed by atoms with Crippen molar-refractivity contribution in [3.05, 3.63) is 71.7 Å². The fraction of sp³-hybridized carbons (Fsp3) is 0.375. The lowest BCUT2D eigenvalue weighted by Crippen LogP contribution is -2.54. The molecule has 2 aromatic heterocycles. The number of fused-ring (bicyclic) bond motifs is 3. The largest absolute Gasteiger partial charge is 0.334 e. The minimum absolute atomic E-state index is 0.106. The Labute approximate surface area is 187 Å². The SMILES string of the molecule is Cc1nc2ccccn2c1C(=O)NNC(=O)NC1CC2CCC(C1)N2Cc1ccccc1. The van der Waals surface area contributed by atoms with Gasteiger partial charge in [-0.1, -0.05) is 36.4 Å². The molecule has 0 aliphatic carbocycles. The van der Waals surface area contributed by atoms with Crippen molar-refractivity contribution in [2.24, 2.45) is 0 Å². The van der Waals surface area contributed by atoms with E-state index in [1.165, 1.54) is 18.4 Å². The van der Waals surface area contributed by atoms with Gasteiger partial charge in [-0.2, -0.15) is 0 Å². The molecule has 166 valence electrons. The van der Waals surface area contributed by atoms with Gasteiger partial charge in [0.15, 0.2) is 0 Å². The van der Waals surface area contributed by atoms with Crippen LogP contribution in [0.15, 0.2) is 54.7 Å². The van der Waals surface area contributed by atoms with E-state index in [1.807, 2.05) is 24.3 Å². The summed E-state index contributed by atoms with van der Waals surface area (Å²) in [5, 5.41) is 3.04. The third-order valence-electron chi connectivity index (χ3n) is 6.64. The summed E-state index contributed by atoms with van der Waals surface area (Å²) in [6, 6.07) is 16.8. The van der Waals surface area contributed by atoms with Crippen LogP contribution in [0.1, 0.15) is 47.4 Å². The van der Waals surface area contributed by atoms with Gasteiger partial charge in [0.2, 0.25) is 0 Å². The number of nitrogens with zero attached hydrogens (tertiary/aromatic N) is 3. The molecule has 1 aromatic carbocycles. The van der Waals surface area contributed by atoms with Crippen LogP contribution < -0.4 is 16.2 Å². The second-order valence-corrected chi connectivity index (χ2v) is 8.74. The van der Waals surface area contributed by atoms with Crippen LogP contribution in [0.5, 0.6) is 0 Å². The highest BCUT2D eigenvalue weighted by atomic mass is 16.2. The maximum Gasteiger partial charge on any atom is 0.333 e. The van der Waals surface area contributed by atoms with Gasteiger partial charge in [-0.15, -0.1) is 0 Å². The zero-order chi connectivity index (χ0) is 22.1. The predicted octanol–water partition coefficient (Wildman–Crippen LogP) is 2.78. The topological polar surface area (TPSA) is 90.8 Å². The number of carbonyl (C=O) groups is 2. The van der Waals surface area contributed by atoms with E-state index < -0.39 is 5.91 Å². The molecular weight excluding hydrogens is 404 g/mol. The number of piperidine rings is 1. The number of hydrazine groups is 1. The first-order chi connectivity index (χ1) is 15.6. The minimum atomic E-state index is -0.394. The first kappa shape index (κ1) is 20.5. The highest BCUT2D eigenvalue weighted by Gasteiger charge is 2.40. The standard InChI is InChI=1S/C24H28N6O2/c1-16-22(29-12-6-5-9-21(29)25-16)23(31)27-28-24(32)26-18-13-19-10-11-20(14-18)30(19)15-17-7-3-2-4-8-17/h2-9,12,18-20H,10-11,13-15H2,1H3,(H,27,31)(H2,26,28,32). The Bertz CT molecular complexity index is 1110. The number of amides is 3. The van der Waals surface area contributed by atoms with E-state index in [0.29, 0.717) is 29.1 Å². The molecule has 3 N–H and O–H groups in total. The van der Waals surface area contributed by atoms with E-state index in [4.69, 9.17) is 0 Å². The van der Waals surface area contributed by atoms with Crippen LogP contribution in [0.3, 0.4) is 0 Å². The number of aryl methyl sites for hydroxylation is 1. The summed E-state index contributed by atoms with van der Waals surface area (Å²) in [7, 11) is 0. The van der Waals surface area contributed by atoms with Crippen LogP contribution in [0.25, 0.3) is 5.65 Å². The second kappa shape index (κ2) is 8.63. The zero-order valence-electron chi connectivity index (χ0n) is 18.1. The van der Waals surface area contributed by atoms with Gasteiger partial charge in [-0.3, -0.25) is 19.5 Å². The molecule has 2 atom stereocenters. The van der Waals surface area contributed by atoms with Gasteiger partial charge in [0.25, 0.3) is 5.91 Å². The Morgan fingerprint density at radius 2 is 1.72 bits per heavy atom. The summed E-state index contributed by atoms with van der Waals surface area (Å²) in [4.78, 5) is 32.1. The average Bonchev–Trinajstić information content (AvgIpc) is 3.24. The molecule has 2 unspecified atom stereocenters. The molecule has 4 heterocycles. The van der Waals surface area contributed by atoms with Crippen LogP contribution in [0.2, 0.25) is 0 Å². The number of hydrogen-bond donors (Lipinski definition) is 3. The third kappa shape index (κ3) is 4.05. The lowest BCUT2D eigenvalue weighted by Gasteiger charge is -2.39. The first-order valence-electron chi connectivity index (χ1n) is 11.2. The second-order valence-electron chi connectivity index (χ2n) is 8.74. The molecule has 0 saturated carbocycles. The normalized spacial score (nSPS) is 22.6. The van der Waals surface area contributed by atoms with Gasteiger partial charge in [-0.05, 0) is 50.3 Å². The number of pyridine rings is 1. The Kier molecular flexibility index (Phi) is 5.53. The molecular formula is C24H28N6O2. The van der Waals surface area contributed by atoms with Crippen LogP contribution in [-0.2, 0) is 6.54 Å². The quantitative estimate of drug-likeness (QED) is 0.553. The number of urea groups is 1. The third-order valence-corrected chi connectivity index (χ3v) is 6.64. The van der Waals surface area contributed by atoms with Gasteiger partial charge in [0.05, 0.1) is 5.69 Å². The number of nitrogens with one attached hydrogen (secondary N) is 3. The van der Waals surface area contributed by atoms with Crippen molar-refractivity contribution >= 4 is 17.6 Å². The molecule has 8 heteroatoms. The number of rotatable bonds is 4. The molecule has 0 spiro atoms. The molecule has 3 amide bonds. The lowest BCUT2D eigenvalue weighted by molar-refractivity contribution is 0.0923. The number of benzene rings is 1. The van der Waals surface area contributed by atoms with Crippen molar-refractivity contribution in [2.45, 2.75) is 57.3 Å². The molecule has 0 radical (unpaired) electrons. The monoisotopic (exact) mass is 432 g/mol. The summed E-state index contributed by atoms with van der Waals surface area (Å²) >= 11 is 0. The average molecular weight is 433 g/mol. The maximum atomic E-state index is 12.6. The molecule has 2 bridgehead atoms. The first-order valence-corrected chi connectivity index (χ1v) is 11.2. The smallest absolute Gasteiger partial charge is 0.333 e. The molecule has 32 heavy (non-hydrogen) atoms. The van der Waals surface area contributed by atoms with Gasteiger partial charge < -0.3 is 5.32 Å². The summed E-state index contributed by atoms with van der Waals surface area (Å²) < 4.78 is 1.71. The molecule has 2 saturated heterocycles. The number of carbonyl (C=O) groups excluding carboxylic acids is 2. The van der Waals surface area contributed by atoms with Crippen molar-refractivity contribution in [1.82, 2.24) is 30.5 Å². The van der Waals surface area contributed by atoms with Gasteiger partial charge in [0.1, 0.15) is 11.3 Å². The summed E-state index contributed by atoms with van der Waals surface area (Å²) in [5.41, 5.74) is 8.07. The summed E-state index contributed by atoms with van der Waals surface area (Å²) in [5.74, 6) is -0.394. The fourth-order valence-corrected chi connectivity index (χ4v) is 5.23. The van der Waals surface area contributed by atoms with Crippen molar-refractivity contribution in [2.75, 3.05) is 0 Å². The number of aromatic nitrogens is 2. The maximum absolute atomic E-state index is 12.6. The van der Waals surface area contributed by atoms with Gasteiger partial charge in [0, 0.05) is 30.9 Å². The van der Waals surface area contributed by atoms with Crippen molar-refractivity contribution in [3.8, 4) is 0 Å². The van der Waals surface area contributed by atoms with Gasteiger partial charge >= 0.3 is 6.03 Å². The van der Waals surface area contributed by atoms with Crippen LogP contribution in [-0.4, -0.2) is 44.3 Å². The molecule has 2 fully saturated rings. The molecule has 5 rings (SSSR count). The number of hydrogen-bond acceptors (Lipinski definition) is 4. The van der Waals surface area contributed by atoms with E-state index in [0.717, 1.165) is 19.4 Å². The van der Waals surface area contributed by atoms with E-state index in [9.17, 15) is 9.59 Å².